The predicted molar refractivity (Wildman–Crippen MR) is 68.7 cm³/mol. The molecular weight excluding hydrogens is 246 g/mol. The third-order valence-electron chi connectivity index (χ3n) is 3.80. The van der Waals surface area contributed by atoms with Crippen molar-refractivity contribution in [2.75, 3.05) is 0 Å². The van der Waals surface area contributed by atoms with Gasteiger partial charge in [0.15, 0.2) is 0 Å². The zero-order valence-electron chi connectivity index (χ0n) is 10.7. The summed E-state index contributed by atoms with van der Waals surface area (Å²) < 4.78 is 2.92. The second-order valence-corrected chi connectivity index (χ2v) is 4.88. The number of aryl methyl sites for hydroxylation is 1. The van der Waals surface area contributed by atoms with Gasteiger partial charge in [0.25, 0.3) is 5.56 Å². The Labute approximate surface area is 109 Å². The van der Waals surface area contributed by atoms with Crippen LogP contribution in [0, 0.1) is 0 Å². The number of rotatable bonds is 3. The Balaban J connectivity index is 2.27. The number of aromatic nitrogens is 3. The molecule has 19 heavy (non-hydrogen) atoms. The molecule has 0 radical (unpaired) electrons. The summed E-state index contributed by atoms with van der Waals surface area (Å²) in [7, 11) is 0. The zero-order chi connectivity index (χ0) is 13.6. The number of fused-ring (bicyclic) bond motifs is 1. The van der Waals surface area contributed by atoms with Crippen LogP contribution in [0.4, 0.5) is 0 Å². The minimum absolute atomic E-state index is 0.0139. The number of aromatic carboxylic acids is 1. The van der Waals surface area contributed by atoms with Crippen molar-refractivity contribution in [2.45, 2.75) is 38.6 Å². The van der Waals surface area contributed by atoms with Gasteiger partial charge in [-0.15, -0.1) is 0 Å². The molecule has 0 spiro atoms. The van der Waals surface area contributed by atoms with Crippen molar-refractivity contribution in [3.63, 3.8) is 0 Å². The largest absolute Gasteiger partial charge is 0.477 e. The average molecular weight is 261 g/mol. The Morgan fingerprint density at radius 3 is 2.74 bits per heavy atom. The van der Waals surface area contributed by atoms with Gasteiger partial charge in [-0.25, -0.2) is 4.79 Å². The normalized spacial score (nSPS) is 15.6. The summed E-state index contributed by atoms with van der Waals surface area (Å²) in [5, 5.41) is 13.5. The molecule has 0 bridgehead atoms. The third-order valence-corrected chi connectivity index (χ3v) is 3.80. The molecule has 0 unspecified atom stereocenters. The van der Waals surface area contributed by atoms with Gasteiger partial charge in [0, 0.05) is 24.6 Å². The summed E-state index contributed by atoms with van der Waals surface area (Å²) in [5.74, 6) is -0.675. The highest BCUT2D eigenvalue weighted by molar-refractivity contribution is 5.86. The minimum Gasteiger partial charge on any atom is -0.477 e. The van der Waals surface area contributed by atoms with Crippen molar-refractivity contribution < 1.29 is 9.90 Å². The molecule has 6 nitrogen and oxygen atoms in total. The van der Waals surface area contributed by atoms with Crippen LogP contribution >= 0.6 is 0 Å². The lowest BCUT2D eigenvalue weighted by molar-refractivity contribution is 0.0684. The number of carboxylic acids is 1. The molecule has 1 fully saturated rings. The first-order valence-corrected chi connectivity index (χ1v) is 6.48. The number of carboxylic acid groups (broad SMARTS) is 1. The monoisotopic (exact) mass is 261 g/mol. The first kappa shape index (κ1) is 12.0. The number of hydrogen-bond acceptors (Lipinski definition) is 3. The average Bonchev–Trinajstić information content (AvgIpc) is 2.71. The Kier molecular flexibility index (Phi) is 2.66. The van der Waals surface area contributed by atoms with Crippen LogP contribution < -0.4 is 5.56 Å². The van der Waals surface area contributed by atoms with E-state index in [4.69, 9.17) is 5.11 Å². The standard InChI is InChI=1S/C13H15N3O3/c1-2-15-10(13(18)19)7-12(17)16-11(15)6-9(14-16)8-4-3-5-8/h6-8H,2-5H2,1H3,(H,18,19). The van der Waals surface area contributed by atoms with Crippen molar-refractivity contribution in [3.8, 4) is 0 Å². The second-order valence-electron chi connectivity index (χ2n) is 4.88. The molecule has 100 valence electrons. The predicted octanol–water partition coefficient (Wildman–Crippen LogP) is 1.48. The van der Waals surface area contributed by atoms with Gasteiger partial charge in [0.05, 0.1) is 5.69 Å². The molecule has 1 saturated carbocycles. The highest BCUT2D eigenvalue weighted by atomic mass is 16.4. The summed E-state index contributed by atoms with van der Waals surface area (Å²) >= 11 is 0. The van der Waals surface area contributed by atoms with Crippen molar-refractivity contribution >= 4 is 11.6 Å². The number of hydrogen-bond donors (Lipinski definition) is 1. The Bertz CT molecular complexity index is 710. The smallest absolute Gasteiger partial charge is 0.352 e. The van der Waals surface area contributed by atoms with Crippen LogP contribution in [0.1, 0.15) is 48.3 Å². The van der Waals surface area contributed by atoms with Crippen LogP contribution in [0.3, 0.4) is 0 Å². The van der Waals surface area contributed by atoms with Gasteiger partial charge in [-0.1, -0.05) is 6.42 Å². The third kappa shape index (κ3) is 1.75. The summed E-state index contributed by atoms with van der Waals surface area (Å²) in [6, 6.07) is 2.98. The molecule has 3 rings (SSSR count). The van der Waals surface area contributed by atoms with Crippen molar-refractivity contribution in [1.82, 2.24) is 14.2 Å². The van der Waals surface area contributed by atoms with Gasteiger partial charge >= 0.3 is 5.97 Å². The van der Waals surface area contributed by atoms with E-state index in [0.29, 0.717) is 18.1 Å². The molecule has 0 aromatic carbocycles. The van der Waals surface area contributed by atoms with E-state index in [9.17, 15) is 9.59 Å². The quantitative estimate of drug-likeness (QED) is 0.908. The Morgan fingerprint density at radius 1 is 1.47 bits per heavy atom. The lowest BCUT2D eigenvalue weighted by Gasteiger charge is -2.22. The molecule has 2 heterocycles. The molecule has 2 aromatic rings. The van der Waals surface area contributed by atoms with E-state index >= 15 is 0 Å². The maximum Gasteiger partial charge on any atom is 0.352 e. The lowest BCUT2D eigenvalue weighted by Crippen LogP contribution is -2.23. The van der Waals surface area contributed by atoms with Crippen molar-refractivity contribution in [2.24, 2.45) is 0 Å². The number of nitrogens with zero attached hydrogens (tertiary/aromatic N) is 3. The van der Waals surface area contributed by atoms with E-state index in [0.717, 1.165) is 24.6 Å². The molecule has 6 heteroatoms. The summed E-state index contributed by atoms with van der Waals surface area (Å²) in [6.45, 7) is 2.34. The van der Waals surface area contributed by atoms with Crippen LogP contribution in [-0.4, -0.2) is 25.3 Å². The summed E-state index contributed by atoms with van der Waals surface area (Å²) in [6.07, 6.45) is 3.38. The highest BCUT2D eigenvalue weighted by Crippen LogP contribution is 2.35. The molecule has 1 aliphatic rings. The maximum absolute atomic E-state index is 11.9. The van der Waals surface area contributed by atoms with Gasteiger partial charge in [0.1, 0.15) is 11.3 Å². The van der Waals surface area contributed by atoms with Gasteiger partial charge in [0.2, 0.25) is 0 Å². The molecule has 0 amide bonds. The van der Waals surface area contributed by atoms with Gasteiger partial charge in [-0.2, -0.15) is 9.61 Å². The molecule has 0 saturated heterocycles. The zero-order valence-corrected chi connectivity index (χ0v) is 10.7. The van der Waals surface area contributed by atoms with Crippen LogP contribution in [0.25, 0.3) is 5.65 Å². The molecule has 1 N–H and O–H groups in total. The topological polar surface area (TPSA) is 76.6 Å². The van der Waals surface area contributed by atoms with Gasteiger partial charge < -0.3 is 9.67 Å². The van der Waals surface area contributed by atoms with Crippen molar-refractivity contribution in [3.05, 3.63) is 33.9 Å². The summed E-state index contributed by atoms with van der Waals surface area (Å²) in [4.78, 5) is 23.1. The van der Waals surface area contributed by atoms with E-state index in [1.807, 2.05) is 13.0 Å². The van der Waals surface area contributed by atoms with E-state index in [2.05, 4.69) is 5.10 Å². The fraction of sp³-hybridized carbons (Fsp3) is 0.462. The van der Waals surface area contributed by atoms with Gasteiger partial charge in [-0.05, 0) is 19.8 Å². The maximum atomic E-state index is 11.9. The lowest BCUT2D eigenvalue weighted by atomic mass is 9.83. The van der Waals surface area contributed by atoms with E-state index in [-0.39, 0.29) is 11.3 Å². The van der Waals surface area contributed by atoms with Gasteiger partial charge in [-0.3, -0.25) is 4.79 Å². The minimum atomic E-state index is -1.09. The van der Waals surface area contributed by atoms with E-state index < -0.39 is 5.97 Å². The molecule has 0 atom stereocenters. The second kappa shape index (κ2) is 4.22. The van der Waals surface area contributed by atoms with E-state index in [1.54, 1.807) is 4.57 Å². The summed E-state index contributed by atoms with van der Waals surface area (Å²) in [5.41, 5.74) is 1.09. The van der Waals surface area contributed by atoms with Crippen LogP contribution in [0.15, 0.2) is 16.9 Å². The van der Waals surface area contributed by atoms with Crippen LogP contribution in [0.5, 0.6) is 0 Å². The SMILES string of the molecule is CCn1c(C(=O)O)cc(=O)n2nc(C3CCC3)cc12. The van der Waals surface area contributed by atoms with Crippen LogP contribution in [-0.2, 0) is 6.54 Å². The Morgan fingerprint density at radius 2 is 2.21 bits per heavy atom. The molecule has 2 aromatic heterocycles. The molecular formula is C13H15N3O3. The first-order valence-electron chi connectivity index (χ1n) is 6.48. The van der Waals surface area contributed by atoms with Crippen LogP contribution in [0.2, 0.25) is 0 Å². The Hall–Kier alpha value is -2.11. The first-order chi connectivity index (χ1) is 9.11. The molecule has 0 aliphatic heterocycles. The highest BCUT2D eigenvalue weighted by Gasteiger charge is 2.24. The van der Waals surface area contributed by atoms with E-state index in [1.165, 1.54) is 10.9 Å². The fourth-order valence-electron chi connectivity index (χ4n) is 2.54. The molecule has 1 aliphatic carbocycles. The van der Waals surface area contributed by atoms with Crippen molar-refractivity contribution in [1.29, 1.82) is 0 Å². The number of carbonyl (C=O) groups is 1. The fourth-order valence-corrected chi connectivity index (χ4v) is 2.54.